The Hall–Kier alpha value is -1.85. The van der Waals surface area contributed by atoms with Crippen LogP contribution in [0.4, 0.5) is 0 Å². The summed E-state index contributed by atoms with van der Waals surface area (Å²) < 4.78 is 4.79. The number of nitrogens with zero attached hydrogens (tertiary/aromatic N) is 2. The molecule has 19 heavy (non-hydrogen) atoms. The van der Waals surface area contributed by atoms with Crippen LogP contribution >= 0.6 is 0 Å². The summed E-state index contributed by atoms with van der Waals surface area (Å²) in [5.41, 5.74) is 0.734. The van der Waals surface area contributed by atoms with E-state index < -0.39 is 5.41 Å². The van der Waals surface area contributed by atoms with E-state index in [2.05, 4.69) is 10.2 Å². The lowest BCUT2D eigenvalue weighted by Gasteiger charge is -2.21. The maximum Gasteiger partial charge on any atom is 0.313 e. The quantitative estimate of drug-likeness (QED) is 0.827. The fourth-order valence-corrected chi connectivity index (χ4v) is 2.36. The molecule has 1 aromatic rings. The first-order chi connectivity index (χ1) is 9.00. The largest absolute Gasteiger partial charge is 0.469 e. The minimum Gasteiger partial charge on any atom is -0.469 e. The molecule has 6 nitrogen and oxygen atoms in total. The lowest BCUT2D eigenvalue weighted by Crippen LogP contribution is -2.35. The molecular formula is C13H19N3O3. The van der Waals surface area contributed by atoms with Crippen molar-refractivity contribution in [2.24, 2.45) is 5.41 Å². The third-order valence-corrected chi connectivity index (χ3v) is 3.67. The predicted octanol–water partition coefficient (Wildman–Crippen LogP) is 0.997. The van der Waals surface area contributed by atoms with Crippen LogP contribution in [0.25, 0.3) is 0 Å². The molecule has 1 N–H and O–H groups in total. The van der Waals surface area contributed by atoms with Gasteiger partial charge in [-0.05, 0) is 25.8 Å². The summed E-state index contributed by atoms with van der Waals surface area (Å²) in [5, 5.41) is 6.84. The van der Waals surface area contributed by atoms with Gasteiger partial charge in [0, 0.05) is 18.8 Å². The van der Waals surface area contributed by atoms with Crippen molar-refractivity contribution in [3.05, 3.63) is 17.5 Å². The van der Waals surface area contributed by atoms with Crippen LogP contribution in [0.2, 0.25) is 0 Å². The molecule has 104 valence electrons. The summed E-state index contributed by atoms with van der Waals surface area (Å²) in [4.78, 5) is 25.6. The van der Waals surface area contributed by atoms with Crippen LogP contribution in [0.5, 0.6) is 0 Å². The molecule has 0 radical (unpaired) electrons. The first-order valence-electron chi connectivity index (χ1n) is 6.42. The fourth-order valence-electron chi connectivity index (χ4n) is 2.36. The molecule has 1 fully saturated rings. The van der Waals surface area contributed by atoms with Gasteiger partial charge in [-0.2, -0.15) is 5.10 Å². The zero-order chi connectivity index (χ0) is 14.0. The normalized spacial score (nSPS) is 22.6. The monoisotopic (exact) mass is 265 g/mol. The maximum absolute atomic E-state index is 12.3. The molecule has 6 heteroatoms. The van der Waals surface area contributed by atoms with Crippen molar-refractivity contribution in [2.45, 2.75) is 26.7 Å². The van der Waals surface area contributed by atoms with Crippen LogP contribution in [-0.4, -0.2) is 47.2 Å². The molecule has 1 aromatic heterocycles. The average molecular weight is 265 g/mol. The van der Waals surface area contributed by atoms with Crippen molar-refractivity contribution in [3.8, 4) is 0 Å². The van der Waals surface area contributed by atoms with Gasteiger partial charge in [-0.15, -0.1) is 0 Å². The van der Waals surface area contributed by atoms with Gasteiger partial charge in [0.25, 0.3) is 5.91 Å². The number of carbonyl (C=O) groups excluding carboxylic acids is 2. The summed E-state index contributed by atoms with van der Waals surface area (Å²) in [5.74, 6) is -0.400. The number of likely N-dealkylation sites (tertiary alicyclic amines) is 1. The number of aromatic amines is 1. The number of aromatic nitrogens is 2. The second-order valence-corrected chi connectivity index (χ2v) is 5.16. The minimum atomic E-state index is -0.603. The van der Waals surface area contributed by atoms with E-state index in [0.717, 1.165) is 12.1 Å². The topological polar surface area (TPSA) is 75.3 Å². The zero-order valence-corrected chi connectivity index (χ0v) is 11.5. The highest BCUT2D eigenvalue weighted by Crippen LogP contribution is 2.31. The van der Waals surface area contributed by atoms with Crippen LogP contribution in [0.3, 0.4) is 0 Å². The Kier molecular flexibility index (Phi) is 3.59. The van der Waals surface area contributed by atoms with Gasteiger partial charge in [-0.1, -0.05) is 6.92 Å². The molecule has 1 aliphatic rings. The number of nitrogens with one attached hydrogen (secondary N) is 1. The van der Waals surface area contributed by atoms with E-state index in [1.807, 2.05) is 13.8 Å². The second kappa shape index (κ2) is 5.03. The van der Waals surface area contributed by atoms with Gasteiger partial charge in [-0.3, -0.25) is 14.7 Å². The number of H-pyrrole nitrogens is 1. The van der Waals surface area contributed by atoms with Gasteiger partial charge in [0.2, 0.25) is 0 Å². The van der Waals surface area contributed by atoms with Crippen molar-refractivity contribution in [3.63, 3.8) is 0 Å². The molecule has 2 rings (SSSR count). The smallest absolute Gasteiger partial charge is 0.313 e. The van der Waals surface area contributed by atoms with Crippen molar-refractivity contribution in [1.29, 1.82) is 0 Å². The number of hydrogen-bond acceptors (Lipinski definition) is 4. The van der Waals surface area contributed by atoms with Gasteiger partial charge >= 0.3 is 5.97 Å². The molecule has 0 spiro atoms. The van der Waals surface area contributed by atoms with Crippen LogP contribution in [0.15, 0.2) is 6.07 Å². The third-order valence-electron chi connectivity index (χ3n) is 3.67. The number of aryl methyl sites for hydroxylation is 1. The molecule has 0 saturated carbocycles. The lowest BCUT2D eigenvalue weighted by molar-refractivity contribution is -0.150. The van der Waals surface area contributed by atoms with E-state index in [1.165, 1.54) is 7.11 Å². The average Bonchev–Trinajstić information content (AvgIpc) is 3.04. The number of amides is 1. The first kappa shape index (κ1) is 13.6. The zero-order valence-electron chi connectivity index (χ0n) is 11.5. The summed E-state index contributed by atoms with van der Waals surface area (Å²) in [6.45, 7) is 4.76. The van der Waals surface area contributed by atoms with E-state index in [9.17, 15) is 9.59 Å². The van der Waals surface area contributed by atoms with Gasteiger partial charge in [-0.25, -0.2) is 0 Å². The highest BCUT2D eigenvalue weighted by molar-refractivity contribution is 5.93. The van der Waals surface area contributed by atoms with Crippen LogP contribution in [0.1, 0.15) is 36.5 Å². The Morgan fingerprint density at radius 3 is 2.89 bits per heavy atom. The Bertz CT molecular complexity index is 497. The SMILES string of the molecule is CCc1cc(C(=O)N2CC[C@](C)(C(=O)OC)C2)n[nH]1. The van der Waals surface area contributed by atoms with Crippen molar-refractivity contribution >= 4 is 11.9 Å². The van der Waals surface area contributed by atoms with Gasteiger partial charge in [0.15, 0.2) is 0 Å². The van der Waals surface area contributed by atoms with E-state index in [4.69, 9.17) is 4.74 Å². The Balaban J connectivity index is 2.08. The third kappa shape index (κ3) is 2.47. The summed E-state index contributed by atoms with van der Waals surface area (Å²) in [6.07, 6.45) is 1.43. The van der Waals surface area contributed by atoms with E-state index in [1.54, 1.807) is 11.0 Å². The fraction of sp³-hybridized carbons (Fsp3) is 0.615. The van der Waals surface area contributed by atoms with Gasteiger partial charge < -0.3 is 9.64 Å². The van der Waals surface area contributed by atoms with E-state index in [-0.39, 0.29) is 11.9 Å². The first-order valence-corrected chi connectivity index (χ1v) is 6.42. The highest BCUT2D eigenvalue weighted by Gasteiger charge is 2.43. The number of esters is 1. The number of ether oxygens (including phenoxy) is 1. The van der Waals surface area contributed by atoms with Gasteiger partial charge in [0.1, 0.15) is 5.69 Å². The molecule has 0 aromatic carbocycles. The van der Waals surface area contributed by atoms with Crippen molar-refractivity contribution < 1.29 is 14.3 Å². The van der Waals surface area contributed by atoms with Crippen LogP contribution < -0.4 is 0 Å². The van der Waals surface area contributed by atoms with E-state index in [0.29, 0.717) is 25.2 Å². The number of methoxy groups -OCH3 is 1. The Labute approximate surface area is 112 Å². The molecule has 0 aliphatic carbocycles. The van der Waals surface area contributed by atoms with Crippen LogP contribution in [0, 0.1) is 5.41 Å². The molecule has 2 heterocycles. The summed E-state index contributed by atoms with van der Waals surface area (Å²) >= 11 is 0. The Morgan fingerprint density at radius 2 is 2.32 bits per heavy atom. The standard InChI is InChI=1S/C13H19N3O3/c1-4-9-7-10(15-14-9)11(17)16-6-5-13(2,8-16)12(18)19-3/h7H,4-6,8H2,1-3H3,(H,14,15)/t13-/m0/s1. The van der Waals surface area contributed by atoms with Gasteiger partial charge in [0.05, 0.1) is 12.5 Å². The van der Waals surface area contributed by atoms with Crippen LogP contribution in [-0.2, 0) is 16.0 Å². The highest BCUT2D eigenvalue weighted by atomic mass is 16.5. The number of hydrogen-bond donors (Lipinski definition) is 1. The summed E-state index contributed by atoms with van der Waals surface area (Å²) in [7, 11) is 1.37. The summed E-state index contributed by atoms with van der Waals surface area (Å²) in [6, 6.07) is 1.76. The number of rotatable bonds is 3. The molecule has 1 aliphatic heterocycles. The number of carbonyl (C=O) groups is 2. The molecule has 0 unspecified atom stereocenters. The molecular weight excluding hydrogens is 246 g/mol. The second-order valence-electron chi connectivity index (χ2n) is 5.16. The van der Waals surface area contributed by atoms with E-state index >= 15 is 0 Å². The molecule has 1 amide bonds. The maximum atomic E-state index is 12.3. The van der Waals surface area contributed by atoms with Crippen molar-refractivity contribution in [2.75, 3.05) is 20.2 Å². The predicted molar refractivity (Wildman–Crippen MR) is 68.6 cm³/mol. The lowest BCUT2D eigenvalue weighted by atomic mass is 9.90. The Morgan fingerprint density at radius 1 is 1.58 bits per heavy atom. The minimum absolute atomic E-state index is 0.136. The van der Waals surface area contributed by atoms with Crippen molar-refractivity contribution in [1.82, 2.24) is 15.1 Å². The molecule has 1 atom stereocenters. The molecule has 0 bridgehead atoms. The molecule has 1 saturated heterocycles.